The lowest BCUT2D eigenvalue weighted by Crippen LogP contribution is -2.26. The van der Waals surface area contributed by atoms with Gasteiger partial charge >= 0.3 is 0 Å². The van der Waals surface area contributed by atoms with E-state index in [0.717, 1.165) is 5.56 Å². The molecule has 0 bridgehead atoms. The van der Waals surface area contributed by atoms with Crippen LogP contribution in [0.4, 0.5) is 17.2 Å². The Morgan fingerprint density at radius 1 is 1.00 bits per heavy atom. The lowest BCUT2D eigenvalue weighted by atomic mass is 10.1. The number of pyridine rings is 1. The highest BCUT2D eigenvalue weighted by Gasteiger charge is 2.40. The molecule has 1 aromatic heterocycles. The van der Waals surface area contributed by atoms with E-state index in [-0.39, 0.29) is 9.79 Å². The van der Waals surface area contributed by atoms with Crippen molar-refractivity contribution in [3.05, 3.63) is 60.3 Å². The standard InChI is InChI=1S/C18H12N2O3S/c1-11-7-8-15-12(10-11)20-17-13(4-2-6-16(17)24(15,21)22)23-14-5-3-9-19-18(14)20/h2-10H,1H3. The molecule has 2 aliphatic heterocycles. The van der Waals surface area contributed by atoms with Crippen molar-refractivity contribution in [2.45, 2.75) is 16.7 Å². The molecule has 0 amide bonds. The minimum absolute atomic E-state index is 0.243. The molecule has 0 spiro atoms. The average Bonchev–Trinajstić information content (AvgIpc) is 2.58. The van der Waals surface area contributed by atoms with Gasteiger partial charge in [0, 0.05) is 6.20 Å². The summed E-state index contributed by atoms with van der Waals surface area (Å²) in [7, 11) is -3.60. The van der Waals surface area contributed by atoms with E-state index >= 15 is 0 Å². The summed E-state index contributed by atoms with van der Waals surface area (Å²) in [6.45, 7) is 1.94. The van der Waals surface area contributed by atoms with Crippen molar-refractivity contribution in [1.82, 2.24) is 4.98 Å². The molecule has 0 atom stereocenters. The number of aryl methyl sites for hydroxylation is 1. The Kier molecular flexibility index (Phi) is 2.46. The van der Waals surface area contributed by atoms with Crippen molar-refractivity contribution in [3.63, 3.8) is 0 Å². The third-order valence-electron chi connectivity index (χ3n) is 4.30. The number of rotatable bonds is 0. The van der Waals surface area contributed by atoms with Crippen molar-refractivity contribution in [1.29, 1.82) is 0 Å². The summed E-state index contributed by atoms with van der Waals surface area (Å²) in [5.74, 6) is 1.72. The quantitative estimate of drug-likeness (QED) is 0.426. The van der Waals surface area contributed by atoms with Gasteiger partial charge in [0.1, 0.15) is 5.69 Å². The summed E-state index contributed by atoms with van der Waals surface area (Å²) in [5, 5.41) is 0. The third kappa shape index (κ3) is 1.58. The van der Waals surface area contributed by atoms with Crippen molar-refractivity contribution in [2.24, 2.45) is 0 Å². The van der Waals surface area contributed by atoms with Crippen molar-refractivity contribution >= 4 is 27.0 Å². The number of para-hydroxylation sites is 1. The normalized spacial score (nSPS) is 15.8. The van der Waals surface area contributed by atoms with Gasteiger partial charge in [-0.15, -0.1) is 0 Å². The van der Waals surface area contributed by atoms with E-state index in [4.69, 9.17) is 4.74 Å². The first-order valence-corrected chi connectivity index (χ1v) is 8.97. The summed E-state index contributed by atoms with van der Waals surface area (Å²) in [5.41, 5.74) is 2.12. The Morgan fingerprint density at radius 3 is 2.71 bits per heavy atom. The van der Waals surface area contributed by atoms with Crippen LogP contribution in [0.5, 0.6) is 11.5 Å². The predicted octanol–water partition coefficient (Wildman–Crippen LogP) is 4.11. The number of hydrogen-bond donors (Lipinski definition) is 0. The summed E-state index contributed by atoms with van der Waals surface area (Å²) in [6.07, 6.45) is 1.67. The maximum Gasteiger partial charge on any atom is 0.210 e. The van der Waals surface area contributed by atoms with Gasteiger partial charge in [0.25, 0.3) is 0 Å². The number of nitrogens with zero attached hydrogens (tertiary/aromatic N) is 2. The SMILES string of the molecule is Cc1ccc2c(c1)N1c3ncccc3Oc3cccc(c31)S2(=O)=O. The molecular formula is C18H12N2O3S. The molecule has 5 nitrogen and oxygen atoms in total. The van der Waals surface area contributed by atoms with Crippen LogP contribution in [0.15, 0.2) is 64.5 Å². The molecule has 2 aliphatic rings. The zero-order chi connectivity index (χ0) is 16.5. The zero-order valence-corrected chi connectivity index (χ0v) is 13.5. The molecule has 0 aliphatic carbocycles. The molecule has 6 heteroatoms. The van der Waals surface area contributed by atoms with Gasteiger partial charge < -0.3 is 4.74 Å². The van der Waals surface area contributed by atoms with Crippen LogP contribution in [-0.4, -0.2) is 13.4 Å². The molecule has 0 radical (unpaired) electrons. The lowest BCUT2D eigenvalue weighted by molar-refractivity contribution is 0.471. The second-order valence-electron chi connectivity index (χ2n) is 5.84. The zero-order valence-electron chi connectivity index (χ0n) is 12.7. The van der Waals surface area contributed by atoms with E-state index in [9.17, 15) is 8.42 Å². The predicted molar refractivity (Wildman–Crippen MR) is 89.2 cm³/mol. The number of benzene rings is 2. The van der Waals surface area contributed by atoms with Gasteiger partial charge in [0.2, 0.25) is 9.84 Å². The van der Waals surface area contributed by atoms with Gasteiger partial charge in [-0.2, -0.15) is 0 Å². The Hall–Kier alpha value is -2.86. The lowest BCUT2D eigenvalue weighted by Gasteiger charge is -2.37. The Balaban J connectivity index is 1.96. The number of ether oxygens (including phenoxy) is 1. The first kappa shape index (κ1) is 13.6. The first-order chi connectivity index (χ1) is 11.6. The number of aromatic nitrogens is 1. The van der Waals surface area contributed by atoms with Gasteiger partial charge in [-0.1, -0.05) is 12.1 Å². The van der Waals surface area contributed by atoms with Crippen molar-refractivity contribution in [2.75, 3.05) is 4.90 Å². The van der Waals surface area contributed by atoms with E-state index in [1.54, 1.807) is 36.5 Å². The molecule has 0 unspecified atom stereocenters. The van der Waals surface area contributed by atoms with Gasteiger partial charge in [0.05, 0.1) is 15.5 Å². The maximum atomic E-state index is 13.1. The molecule has 5 rings (SSSR count). The van der Waals surface area contributed by atoms with E-state index < -0.39 is 9.84 Å². The highest BCUT2D eigenvalue weighted by molar-refractivity contribution is 7.92. The van der Waals surface area contributed by atoms with E-state index in [1.807, 2.05) is 30.0 Å². The topological polar surface area (TPSA) is 59.5 Å². The van der Waals surface area contributed by atoms with Crippen LogP contribution < -0.4 is 9.64 Å². The van der Waals surface area contributed by atoms with Gasteiger partial charge in [0.15, 0.2) is 17.3 Å². The highest BCUT2D eigenvalue weighted by Crippen LogP contribution is 2.56. The molecule has 24 heavy (non-hydrogen) atoms. The van der Waals surface area contributed by atoms with Crippen molar-refractivity contribution in [3.8, 4) is 11.5 Å². The van der Waals surface area contributed by atoms with Gasteiger partial charge in [-0.3, -0.25) is 4.90 Å². The van der Waals surface area contributed by atoms with Crippen LogP contribution in [0.3, 0.4) is 0 Å². The fourth-order valence-corrected chi connectivity index (χ4v) is 4.87. The number of hydrogen-bond acceptors (Lipinski definition) is 5. The Morgan fingerprint density at radius 2 is 1.83 bits per heavy atom. The summed E-state index contributed by atoms with van der Waals surface area (Å²) in [4.78, 5) is 6.84. The number of fused-ring (bicyclic) bond motifs is 4. The fraction of sp³-hybridized carbons (Fsp3) is 0.0556. The van der Waals surface area contributed by atoms with E-state index in [2.05, 4.69) is 4.98 Å². The van der Waals surface area contributed by atoms with Crippen LogP contribution in [0.25, 0.3) is 0 Å². The van der Waals surface area contributed by atoms with E-state index in [0.29, 0.717) is 28.7 Å². The van der Waals surface area contributed by atoms with Crippen LogP contribution in [0.2, 0.25) is 0 Å². The fourth-order valence-electron chi connectivity index (χ4n) is 3.26. The monoisotopic (exact) mass is 336 g/mol. The molecule has 2 aromatic carbocycles. The molecule has 0 fully saturated rings. The Labute approximate surface area is 139 Å². The smallest absolute Gasteiger partial charge is 0.210 e. The summed E-state index contributed by atoms with van der Waals surface area (Å²) >= 11 is 0. The summed E-state index contributed by atoms with van der Waals surface area (Å²) < 4.78 is 32.0. The Bertz CT molecular complexity index is 1120. The second kappa shape index (κ2) is 4.36. The highest BCUT2D eigenvalue weighted by atomic mass is 32.2. The van der Waals surface area contributed by atoms with Crippen LogP contribution >= 0.6 is 0 Å². The average molecular weight is 336 g/mol. The number of anilines is 3. The molecule has 118 valence electrons. The minimum Gasteiger partial charge on any atom is -0.451 e. The molecule has 3 heterocycles. The molecule has 3 aromatic rings. The van der Waals surface area contributed by atoms with Gasteiger partial charge in [-0.05, 0) is 48.9 Å². The van der Waals surface area contributed by atoms with Crippen LogP contribution in [-0.2, 0) is 9.84 Å². The minimum atomic E-state index is -3.60. The summed E-state index contributed by atoms with van der Waals surface area (Å²) in [6, 6.07) is 14.1. The molecular weight excluding hydrogens is 324 g/mol. The second-order valence-corrected chi connectivity index (χ2v) is 7.73. The van der Waals surface area contributed by atoms with Crippen LogP contribution in [0.1, 0.15) is 5.56 Å². The molecule has 0 saturated heterocycles. The first-order valence-electron chi connectivity index (χ1n) is 7.49. The van der Waals surface area contributed by atoms with Crippen molar-refractivity contribution < 1.29 is 13.2 Å². The van der Waals surface area contributed by atoms with Gasteiger partial charge in [-0.25, -0.2) is 13.4 Å². The number of sulfone groups is 1. The molecule has 0 N–H and O–H groups in total. The van der Waals surface area contributed by atoms with Crippen LogP contribution in [0, 0.1) is 6.92 Å². The van der Waals surface area contributed by atoms with E-state index in [1.165, 1.54) is 0 Å². The maximum absolute atomic E-state index is 13.1. The molecule has 0 saturated carbocycles. The third-order valence-corrected chi connectivity index (χ3v) is 6.14. The largest absolute Gasteiger partial charge is 0.451 e.